The van der Waals surface area contributed by atoms with Gasteiger partial charge in [-0.1, -0.05) is 13.8 Å². The van der Waals surface area contributed by atoms with Crippen LogP contribution in [0.4, 0.5) is 0 Å². The van der Waals surface area contributed by atoms with Crippen molar-refractivity contribution in [3.8, 4) is 0 Å². The lowest BCUT2D eigenvalue weighted by Gasteiger charge is -2.42. The first kappa shape index (κ1) is 14.3. The third-order valence-corrected chi connectivity index (χ3v) is 5.03. The van der Waals surface area contributed by atoms with Gasteiger partial charge in [0, 0.05) is 19.2 Å². The molecule has 0 radical (unpaired) electrons. The molecule has 2 atom stereocenters. The smallest absolute Gasteiger partial charge is 0.0460 e. The van der Waals surface area contributed by atoms with Crippen molar-refractivity contribution >= 4 is 0 Å². The predicted molar refractivity (Wildman–Crippen MR) is 75.3 cm³/mol. The van der Waals surface area contributed by atoms with Crippen molar-refractivity contribution in [2.45, 2.75) is 52.0 Å². The second-order valence-corrected chi connectivity index (χ2v) is 7.26. The Morgan fingerprint density at radius 3 is 2.50 bits per heavy atom. The Labute approximate surface area is 112 Å². The molecule has 1 aliphatic carbocycles. The summed E-state index contributed by atoms with van der Waals surface area (Å²) >= 11 is 0. The molecular formula is C15H30N2O. The summed E-state index contributed by atoms with van der Waals surface area (Å²) in [6, 6.07) is 0.397. The number of rotatable bonds is 3. The highest BCUT2D eigenvalue weighted by Gasteiger charge is 2.34. The SMILES string of the molecule is CC1(C)CCC(N)C(CN2CCC(CO)CC2)C1. The van der Waals surface area contributed by atoms with E-state index in [0.29, 0.717) is 29.9 Å². The Kier molecular flexibility index (Phi) is 4.68. The van der Waals surface area contributed by atoms with Gasteiger partial charge in [0.1, 0.15) is 0 Å². The molecular weight excluding hydrogens is 224 g/mol. The zero-order chi connectivity index (χ0) is 13.2. The van der Waals surface area contributed by atoms with E-state index in [4.69, 9.17) is 5.73 Å². The van der Waals surface area contributed by atoms with Crippen LogP contribution in [0.15, 0.2) is 0 Å². The predicted octanol–water partition coefficient (Wildman–Crippen LogP) is 1.84. The maximum absolute atomic E-state index is 9.17. The molecule has 3 heteroatoms. The van der Waals surface area contributed by atoms with Gasteiger partial charge in [0.2, 0.25) is 0 Å². The number of nitrogens with two attached hydrogens (primary N) is 1. The van der Waals surface area contributed by atoms with Gasteiger partial charge in [-0.25, -0.2) is 0 Å². The molecule has 0 amide bonds. The average Bonchev–Trinajstić information content (AvgIpc) is 2.35. The molecule has 0 aromatic rings. The molecule has 3 nitrogen and oxygen atoms in total. The Balaban J connectivity index is 1.81. The molecule has 3 N–H and O–H groups in total. The van der Waals surface area contributed by atoms with Crippen molar-refractivity contribution in [3.63, 3.8) is 0 Å². The van der Waals surface area contributed by atoms with E-state index >= 15 is 0 Å². The van der Waals surface area contributed by atoms with Gasteiger partial charge in [-0.15, -0.1) is 0 Å². The van der Waals surface area contributed by atoms with Crippen molar-refractivity contribution < 1.29 is 5.11 Å². The van der Waals surface area contributed by atoms with Gasteiger partial charge < -0.3 is 15.7 Å². The third kappa shape index (κ3) is 3.69. The van der Waals surface area contributed by atoms with Crippen LogP contribution >= 0.6 is 0 Å². The Morgan fingerprint density at radius 2 is 1.89 bits per heavy atom. The van der Waals surface area contributed by atoms with Gasteiger partial charge in [-0.2, -0.15) is 0 Å². The normalized spacial score (nSPS) is 34.7. The molecule has 0 aromatic heterocycles. The summed E-state index contributed by atoms with van der Waals surface area (Å²) in [5.41, 5.74) is 6.78. The van der Waals surface area contributed by atoms with Crippen LogP contribution in [-0.2, 0) is 0 Å². The maximum atomic E-state index is 9.17. The Morgan fingerprint density at radius 1 is 1.22 bits per heavy atom. The van der Waals surface area contributed by atoms with E-state index in [2.05, 4.69) is 18.7 Å². The van der Waals surface area contributed by atoms with Gasteiger partial charge in [-0.05, 0) is 62.4 Å². The lowest BCUT2D eigenvalue weighted by atomic mass is 9.70. The molecule has 1 saturated heterocycles. The van der Waals surface area contributed by atoms with Gasteiger partial charge >= 0.3 is 0 Å². The quantitative estimate of drug-likeness (QED) is 0.808. The van der Waals surface area contributed by atoms with Crippen LogP contribution in [0.25, 0.3) is 0 Å². The van der Waals surface area contributed by atoms with Gasteiger partial charge in [0.25, 0.3) is 0 Å². The number of hydrogen-bond donors (Lipinski definition) is 2. The van der Waals surface area contributed by atoms with Crippen LogP contribution < -0.4 is 5.73 Å². The molecule has 0 bridgehead atoms. The molecule has 18 heavy (non-hydrogen) atoms. The van der Waals surface area contributed by atoms with Crippen LogP contribution in [0, 0.1) is 17.3 Å². The van der Waals surface area contributed by atoms with Crippen molar-refractivity contribution in [1.29, 1.82) is 0 Å². The van der Waals surface area contributed by atoms with Crippen LogP contribution in [0.3, 0.4) is 0 Å². The summed E-state index contributed by atoms with van der Waals surface area (Å²) in [6.45, 7) is 8.59. The molecule has 2 rings (SSSR count). The standard InChI is InChI=1S/C15H30N2O/c1-15(2)6-3-14(16)13(9-15)10-17-7-4-12(11-18)5-8-17/h12-14,18H,3-11,16H2,1-2H3. The summed E-state index contributed by atoms with van der Waals surface area (Å²) in [7, 11) is 0. The van der Waals surface area contributed by atoms with Crippen LogP contribution in [0.2, 0.25) is 0 Å². The third-order valence-electron chi connectivity index (χ3n) is 5.03. The first-order valence-corrected chi connectivity index (χ1v) is 7.59. The summed E-state index contributed by atoms with van der Waals surface area (Å²) in [6.07, 6.45) is 6.04. The molecule has 1 heterocycles. The van der Waals surface area contributed by atoms with Crippen LogP contribution in [0.1, 0.15) is 46.0 Å². The van der Waals surface area contributed by atoms with E-state index in [1.807, 2.05) is 0 Å². The minimum Gasteiger partial charge on any atom is -0.396 e. The highest BCUT2D eigenvalue weighted by atomic mass is 16.3. The summed E-state index contributed by atoms with van der Waals surface area (Å²) in [5.74, 6) is 1.21. The van der Waals surface area contributed by atoms with Crippen LogP contribution in [0.5, 0.6) is 0 Å². The lowest BCUT2D eigenvalue weighted by molar-refractivity contribution is 0.0820. The lowest BCUT2D eigenvalue weighted by Crippen LogP contribution is -2.47. The number of nitrogens with zero attached hydrogens (tertiary/aromatic N) is 1. The zero-order valence-electron chi connectivity index (χ0n) is 12.1. The molecule has 0 spiro atoms. The fourth-order valence-corrected chi connectivity index (χ4v) is 3.64. The Bertz CT molecular complexity index is 259. The van der Waals surface area contributed by atoms with E-state index in [1.54, 1.807) is 0 Å². The summed E-state index contributed by atoms with van der Waals surface area (Å²) in [5, 5.41) is 9.17. The van der Waals surface area contributed by atoms with E-state index in [1.165, 1.54) is 25.8 Å². The molecule has 106 valence electrons. The zero-order valence-corrected chi connectivity index (χ0v) is 12.1. The summed E-state index contributed by atoms with van der Waals surface area (Å²) < 4.78 is 0. The molecule has 1 saturated carbocycles. The van der Waals surface area contributed by atoms with Crippen molar-refractivity contribution in [2.24, 2.45) is 23.0 Å². The fraction of sp³-hybridized carbons (Fsp3) is 1.00. The first-order valence-electron chi connectivity index (χ1n) is 7.59. The number of aliphatic hydroxyl groups is 1. The number of hydrogen-bond acceptors (Lipinski definition) is 3. The molecule has 0 aromatic carbocycles. The summed E-state index contributed by atoms with van der Waals surface area (Å²) in [4.78, 5) is 2.57. The van der Waals surface area contributed by atoms with Gasteiger partial charge in [0.05, 0.1) is 0 Å². The largest absolute Gasteiger partial charge is 0.396 e. The van der Waals surface area contributed by atoms with E-state index in [9.17, 15) is 5.11 Å². The second kappa shape index (κ2) is 5.89. The van der Waals surface area contributed by atoms with Gasteiger partial charge in [0.15, 0.2) is 0 Å². The molecule has 2 aliphatic rings. The molecule has 2 fully saturated rings. The number of likely N-dealkylation sites (tertiary alicyclic amines) is 1. The minimum absolute atomic E-state index is 0.365. The van der Waals surface area contributed by atoms with Crippen molar-refractivity contribution in [3.05, 3.63) is 0 Å². The van der Waals surface area contributed by atoms with Crippen molar-refractivity contribution in [1.82, 2.24) is 4.90 Å². The average molecular weight is 254 g/mol. The fourth-order valence-electron chi connectivity index (χ4n) is 3.64. The highest BCUT2D eigenvalue weighted by Crippen LogP contribution is 2.38. The monoisotopic (exact) mass is 254 g/mol. The van der Waals surface area contributed by atoms with Crippen LogP contribution in [-0.4, -0.2) is 42.3 Å². The highest BCUT2D eigenvalue weighted by molar-refractivity contribution is 4.89. The van der Waals surface area contributed by atoms with E-state index in [0.717, 1.165) is 25.9 Å². The number of piperidine rings is 1. The first-order chi connectivity index (χ1) is 8.50. The topological polar surface area (TPSA) is 49.5 Å². The second-order valence-electron chi connectivity index (χ2n) is 7.26. The number of aliphatic hydroxyl groups excluding tert-OH is 1. The van der Waals surface area contributed by atoms with Crippen molar-refractivity contribution in [2.75, 3.05) is 26.2 Å². The molecule has 2 unspecified atom stereocenters. The minimum atomic E-state index is 0.365. The van der Waals surface area contributed by atoms with E-state index < -0.39 is 0 Å². The van der Waals surface area contributed by atoms with Gasteiger partial charge in [-0.3, -0.25) is 0 Å². The maximum Gasteiger partial charge on any atom is 0.0460 e. The molecule has 1 aliphatic heterocycles. The van der Waals surface area contributed by atoms with E-state index in [-0.39, 0.29) is 0 Å². The Hall–Kier alpha value is -0.120.